The minimum Gasteiger partial charge on any atom is -0.373 e. The van der Waals surface area contributed by atoms with E-state index in [1.54, 1.807) is 17.0 Å². The van der Waals surface area contributed by atoms with Gasteiger partial charge in [-0.3, -0.25) is 9.69 Å². The monoisotopic (exact) mass is 594 g/mol. The SMILES string of the molecule is CCN(CC)CCN(C(=O)c1ccc(S(=O)(=O)N2CC(C)OC(C)C2)cc1)c1nc2c(C)cc(C)cc2s1.Cl. The summed E-state index contributed by atoms with van der Waals surface area (Å²) in [5.41, 5.74) is 3.58. The van der Waals surface area contributed by atoms with Crippen molar-refractivity contribution in [3.8, 4) is 0 Å². The number of amides is 1. The summed E-state index contributed by atoms with van der Waals surface area (Å²) in [5, 5.41) is 0.652. The number of aromatic nitrogens is 1. The van der Waals surface area contributed by atoms with Crippen LogP contribution in [0.3, 0.4) is 0 Å². The van der Waals surface area contributed by atoms with Crippen molar-refractivity contribution in [2.45, 2.75) is 58.6 Å². The van der Waals surface area contributed by atoms with E-state index in [9.17, 15) is 13.2 Å². The van der Waals surface area contributed by atoms with Gasteiger partial charge in [0.25, 0.3) is 5.91 Å². The molecule has 0 saturated carbocycles. The van der Waals surface area contributed by atoms with E-state index in [0.717, 1.165) is 34.4 Å². The number of rotatable bonds is 9. The Morgan fingerprint density at radius 2 is 1.67 bits per heavy atom. The number of morpholine rings is 1. The number of nitrogens with zero attached hydrogens (tertiary/aromatic N) is 4. The van der Waals surface area contributed by atoms with Gasteiger partial charge in [0, 0.05) is 31.7 Å². The number of benzene rings is 2. The van der Waals surface area contributed by atoms with Crippen molar-refractivity contribution in [2.75, 3.05) is 44.2 Å². The van der Waals surface area contributed by atoms with Crippen LogP contribution in [0, 0.1) is 13.8 Å². The Morgan fingerprint density at radius 1 is 1.05 bits per heavy atom. The van der Waals surface area contributed by atoms with Crippen LogP contribution in [0.25, 0.3) is 10.2 Å². The number of carbonyl (C=O) groups is 1. The molecule has 2 unspecified atom stereocenters. The van der Waals surface area contributed by atoms with Gasteiger partial charge in [0.1, 0.15) is 0 Å². The maximum Gasteiger partial charge on any atom is 0.260 e. The van der Waals surface area contributed by atoms with Gasteiger partial charge in [0.2, 0.25) is 10.0 Å². The van der Waals surface area contributed by atoms with Gasteiger partial charge in [-0.25, -0.2) is 13.4 Å². The number of thiazole rings is 1. The van der Waals surface area contributed by atoms with Crippen LogP contribution in [-0.2, 0) is 14.8 Å². The van der Waals surface area contributed by atoms with Crippen LogP contribution in [0.1, 0.15) is 49.2 Å². The molecule has 4 rings (SSSR count). The highest BCUT2D eigenvalue weighted by Crippen LogP contribution is 2.32. The molecule has 8 nitrogen and oxygen atoms in total. The van der Waals surface area contributed by atoms with E-state index in [1.807, 2.05) is 20.8 Å². The van der Waals surface area contributed by atoms with E-state index in [-0.39, 0.29) is 35.4 Å². The van der Waals surface area contributed by atoms with Crippen molar-refractivity contribution in [2.24, 2.45) is 0 Å². The molecule has 0 radical (unpaired) electrons. The highest BCUT2D eigenvalue weighted by atomic mass is 35.5. The number of ether oxygens (including phenoxy) is 1. The number of carbonyl (C=O) groups excluding carboxylic acids is 1. The minimum atomic E-state index is -3.69. The van der Waals surface area contributed by atoms with Gasteiger partial charge >= 0.3 is 0 Å². The first-order chi connectivity index (χ1) is 18.0. The molecule has 1 amide bonds. The number of aryl methyl sites for hydroxylation is 2. The maximum absolute atomic E-state index is 13.8. The van der Waals surface area contributed by atoms with Crippen LogP contribution in [0.15, 0.2) is 41.3 Å². The van der Waals surface area contributed by atoms with Crippen molar-refractivity contribution >= 4 is 55.0 Å². The second-order valence-corrected chi connectivity index (χ2v) is 13.0. The molecular formula is C28H39ClN4O4S2. The Bertz CT molecular complexity index is 1380. The zero-order valence-electron chi connectivity index (χ0n) is 23.5. The van der Waals surface area contributed by atoms with E-state index < -0.39 is 10.0 Å². The molecule has 1 saturated heterocycles. The van der Waals surface area contributed by atoms with Gasteiger partial charge in [0.15, 0.2) is 5.13 Å². The molecule has 11 heteroatoms. The lowest BCUT2D eigenvalue weighted by atomic mass is 10.1. The standard InChI is InChI=1S/C28H38N4O4S2.ClH/c1-7-30(8-2)13-14-32(28-29-26-20(4)15-19(3)16-25(26)37-28)27(33)23-9-11-24(12-10-23)38(34,35)31-17-21(5)36-22(6)18-31;/h9-12,15-16,21-22H,7-8,13-14,17-18H2,1-6H3;1H. The normalized spacial score (nSPS) is 18.3. The molecule has 2 aromatic carbocycles. The molecule has 2 atom stereocenters. The molecule has 2 heterocycles. The highest BCUT2D eigenvalue weighted by Gasteiger charge is 2.32. The average Bonchev–Trinajstić information content (AvgIpc) is 3.30. The molecule has 3 aromatic rings. The molecule has 1 aromatic heterocycles. The van der Waals surface area contributed by atoms with Crippen molar-refractivity contribution in [1.29, 1.82) is 0 Å². The fourth-order valence-corrected chi connectivity index (χ4v) is 7.70. The Balaban J connectivity index is 0.00000420. The number of likely N-dealkylation sites (N-methyl/N-ethyl adjacent to an activating group) is 1. The second-order valence-electron chi connectivity index (χ2n) is 10.0. The fourth-order valence-electron chi connectivity index (χ4n) is 4.94. The summed E-state index contributed by atoms with van der Waals surface area (Å²) < 4.78 is 34.8. The predicted molar refractivity (Wildman–Crippen MR) is 161 cm³/mol. The molecule has 0 bridgehead atoms. The number of fused-ring (bicyclic) bond motifs is 1. The second kappa shape index (κ2) is 13.1. The third-order valence-electron chi connectivity index (χ3n) is 6.95. The molecule has 1 fully saturated rings. The number of hydrogen-bond donors (Lipinski definition) is 0. The van der Waals surface area contributed by atoms with E-state index in [2.05, 4.69) is 37.8 Å². The van der Waals surface area contributed by atoms with Gasteiger partial charge < -0.3 is 9.64 Å². The van der Waals surface area contributed by atoms with E-state index >= 15 is 0 Å². The largest absolute Gasteiger partial charge is 0.373 e. The molecular weight excluding hydrogens is 556 g/mol. The van der Waals surface area contributed by atoms with Gasteiger partial charge in [-0.2, -0.15) is 4.31 Å². The Kier molecular flexibility index (Phi) is 10.5. The first-order valence-electron chi connectivity index (χ1n) is 13.2. The quantitative estimate of drug-likeness (QED) is 0.342. The maximum atomic E-state index is 13.8. The molecule has 1 aliphatic rings. The predicted octanol–water partition coefficient (Wildman–Crippen LogP) is 5.12. The van der Waals surface area contributed by atoms with E-state index in [0.29, 0.717) is 36.9 Å². The molecule has 0 aliphatic carbocycles. The summed E-state index contributed by atoms with van der Waals surface area (Å²) >= 11 is 1.51. The molecule has 0 spiro atoms. The first kappa shape index (κ1) is 31.4. The number of anilines is 1. The topological polar surface area (TPSA) is 83.1 Å². The van der Waals surface area contributed by atoms with Gasteiger partial charge in [-0.05, 0) is 82.2 Å². The van der Waals surface area contributed by atoms with Crippen molar-refractivity contribution in [3.05, 3.63) is 53.1 Å². The summed E-state index contributed by atoms with van der Waals surface area (Å²) in [4.78, 5) is 22.8. The zero-order chi connectivity index (χ0) is 27.6. The summed E-state index contributed by atoms with van der Waals surface area (Å²) in [6, 6.07) is 10.5. The van der Waals surface area contributed by atoms with E-state index in [1.165, 1.54) is 27.8 Å². The highest BCUT2D eigenvalue weighted by molar-refractivity contribution is 7.89. The first-order valence-corrected chi connectivity index (χ1v) is 15.5. The Labute approximate surface area is 242 Å². The van der Waals surface area contributed by atoms with Crippen LogP contribution >= 0.6 is 23.7 Å². The van der Waals surface area contributed by atoms with Crippen LogP contribution in [-0.4, -0.2) is 80.0 Å². The minimum absolute atomic E-state index is 0. The smallest absolute Gasteiger partial charge is 0.260 e. The lowest BCUT2D eigenvalue weighted by Gasteiger charge is -2.34. The average molecular weight is 595 g/mol. The van der Waals surface area contributed by atoms with Crippen LogP contribution < -0.4 is 4.90 Å². The fraction of sp³-hybridized carbons (Fsp3) is 0.500. The van der Waals surface area contributed by atoms with Crippen molar-refractivity contribution in [1.82, 2.24) is 14.2 Å². The molecule has 214 valence electrons. The van der Waals surface area contributed by atoms with Crippen LogP contribution in [0.2, 0.25) is 0 Å². The summed E-state index contributed by atoms with van der Waals surface area (Å²) in [6.45, 7) is 15.7. The van der Waals surface area contributed by atoms with Gasteiger partial charge in [-0.1, -0.05) is 31.3 Å². The molecule has 39 heavy (non-hydrogen) atoms. The lowest BCUT2D eigenvalue weighted by Crippen LogP contribution is -2.48. The molecule has 0 N–H and O–H groups in total. The Hall–Kier alpha value is -2.08. The van der Waals surface area contributed by atoms with Crippen LogP contribution in [0.4, 0.5) is 5.13 Å². The summed E-state index contributed by atoms with van der Waals surface area (Å²) in [6.07, 6.45) is -0.343. The molecule has 1 aliphatic heterocycles. The third-order valence-corrected chi connectivity index (χ3v) is 9.83. The zero-order valence-corrected chi connectivity index (χ0v) is 26.0. The summed E-state index contributed by atoms with van der Waals surface area (Å²) in [7, 11) is -3.69. The van der Waals surface area contributed by atoms with Gasteiger partial charge in [-0.15, -0.1) is 12.4 Å². The van der Waals surface area contributed by atoms with Crippen molar-refractivity contribution < 1.29 is 17.9 Å². The number of halogens is 1. The van der Waals surface area contributed by atoms with E-state index in [4.69, 9.17) is 9.72 Å². The number of sulfonamides is 1. The number of hydrogen-bond acceptors (Lipinski definition) is 7. The van der Waals surface area contributed by atoms with Crippen molar-refractivity contribution in [3.63, 3.8) is 0 Å². The van der Waals surface area contributed by atoms with Gasteiger partial charge in [0.05, 0.1) is 27.3 Å². The Morgan fingerprint density at radius 3 is 2.26 bits per heavy atom. The summed E-state index contributed by atoms with van der Waals surface area (Å²) in [5.74, 6) is -0.192. The lowest BCUT2D eigenvalue weighted by molar-refractivity contribution is -0.0440. The third kappa shape index (κ3) is 6.99. The van der Waals surface area contributed by atoms with Crippen LogP contribution in [0.5, 0.6) is 0 Å².